The summed E-state index contributed by atoms with van der Waals surface area (Å²) in [5.41, 5.74) is 0.644. The fourth-order valence-corrected chi connectivity index (χ4v) is 2.04. The van der Waals surface area contributed by atoms with Gasteiger partial charge in [-0.2, -0.15) is 5.26 Å². The van der Waals surface area contributed by atoms with Crippen LogP contribution in [0.5, 0.6) is 0 Å². The van der Waals surface area contributed by atoms with Crippen LogP contribution in [0.4, 0.5) is 0 Å². The minimum Gasteiger partial charge on any atom is -0.478 e. The van der Waals surface area contributed by atoms with Gasteiger partial charge in [-0.05, 0) is 18.2 Å². The van der Waals surface area contributed by atoms with Gasteiger partial charge in [-0.25, -0.2) is 9.78 Å². The maximum absolute atomic E-state index is 10.7. The molecule has 0 spiro atoms. The summed E-state index contributed by atoms with van der Waals surface area (Å²) in [6, 6.07) is 6.75. The first kappa shape index (κ1) is 12.1. The van der Waals surface area contributed by atoms with Crippen LogP contribution in [0.25, 0.3) is 0 Å². The van der Waals surface area contributed by atoms with Crippen molar-refractivity contribution in [2.75, 3.05) is 0 Å². The normalized spacial score (nSPS) is 9.72. The van der Waals surface area contributed by atoms with Crippen molar-refractivity contribution in [3.05, 3.63) is 47.9 Å². The van der Waals surface area contributed by atoms with Crippen molar-refractivity contribution in [3.8, 4) is 6.07 Å². The first-order valence-electron chi connectivity index (χ1n) is 4.92. The molecule has 0 amide bonds. The molecule has 0 atom stereocenters. The molecule has 0 saturated carbocycles. The quantitative estimate of drug-likeness (QED) is 0.906. The zero-order valence-electron chi connectivity index (χ0n) is 9.07. The largest absolute Gasteiger partial charge is 0.478 e. The van der Waals surface area contributed by atoms with Crippen LogP contribution in [-0.4, -0.2) is 21.0 Å². The topological polar surface area (TPSA) is 86.9 Å². The third-order valence-electron chi connectivity index (χ3n) is 2.10. The molecule has 2 rings (SSSR count). The molecule has 2 aromatic heterocycles. The van der Waals surface area contributed by atoms with E-state index in [9.17, 15) is 4.79 Å². The molecule has 0 saturated heterocycles. The van der Waals surface area contributed by atoms with E-state index in [4.69, 9.17) is 10.4 Å². The highest BCUT2D eigenvalue weighted by Crippen LogP contribution is 2.27. The van der Waals surface area contributed by atoms with Crippen molar-refractivity contribution in [2.24, 2.45) is 0 Å². The van der Waals surface area contributed by atoms with Gasteiger partial charge in [0, 0.05) is 23.5 Å². The van der Waals surface area contributed by atoms with E-state index in [0.29, 0.717) is 15.5 Å². The van der Waals surface area contributed by atoms with E-state index in [2.05, 4.69) is 16.0 Å². The lowest BCUT2D eigenvalue weighted by Gasteiger charge is -2.02. The van der Waals surface area contributed by atoms with E-state index in [1.165, 1.54) is 24.0 Å². The molecular formula is C12H7N3O2S. The number of carbonyl (C=O) groups is 1. The Hall–Kier alpha value is -2.39. The van der Waals surface area contributed by atoms with E-state index in [1.807, 2.05) is 0 Å². The molecule has 0 bridgehead atoms. The van der Waals surface area contributed by atoms with Crippen molar-refractivity contribution < 1.29 is 9.90 Å². The summed E-state index contributed by atoms with van der Waals surface area (Å²) in [4.78, 5) is 19.3. The number of aromatic carboxylic acids is 1. The number of pyridine rings is 2. The Bertz CT molecular complexity index is 620. The number of hydrogen-bond donors (Lipinski definition) is 1. The number of nitriles is 1. The van der Waals surface area contributed by atoms with Crippen LogP contribution in [0.15, 0.2) is 46.7 Å². The fourth-order valence-electron chi connectivity index (χ4n) is 1.23. The maximum Gasteiger partial charge on any atom is 0.337 e. The summed E-state index contributed by atoms with van der Waals surface area (Å²) in [5.74, 6) is -1.02. The zero-order valence-corrected chi connectivity index (χ0v) is 9.89. The number of aromatic nitrogens is 2. The molecule has 6 heteroatoms. The Morgan fingerprint density at radius 2 is 2.17 bits per heavy atom. The lowest BCUT2D eigenvalue weighted by atomic mass is 10.3. The lowest BCUT2D eigenvalue weighted by Crippen LogP contribution is -1.96. The number of hydrogen-bond acceptors (Lipinski definition) is 5. The second-order valence-electron chi connectivity index (χ2n) is 3.28. The summed E-state index contributed by atoms with van der Waals surface area (Å²) in [7, 11) is 0. The van der Waals surface area contributed by atoms with Gasteiger partial charge in [0.05, 0.1) is 11.1 Å². The van der Waals surface area contributed by atoms with E-state index in [0.717, 1.165) is 0 Å². The third kappa shape index (κ3) is 2.64. The van der Waals surface area contributed by atoms with Gasteiger partial charge in [-0.1, -0.05) is 11.8 Å². The highest BCUT2D eigenvalue weighted by molar-refractivity contribution is 7.99. The summed E-state index contributed by atoms with van der Waals surface area (Å²) in [6.45, 7) is 0. The van der Waals surface area contributed by atoms with Crippen LogP contribution in [-0.2, 0) is 0 Å². The Kier molecular flexibility index (Phi) is 3.55. The van der Waals surface area contributed by atoms with Crippen LogP contribution < -0.4 is 0 Å². The van der Waals surface area contributed by atoms with Gasteiger partial charge in [0.1, 0.15) is 11.1 Å². The molecule has 1 N–H and O–H groups in total. The molecule has 0 fully saturated rings. The molecule has 0 aliphatic heterocycles. The average Bonchev–Trinajstić information content (AvgIpc) is 2.40. The fraction of sp³-hybridized carbons (Fsp3) is 0. The van der Waals surface area contributed by atoms with Crippen molar-refractivity contribution in [1.82, 2.24) is 9.97 Å². The van der Waals surface area contributed by atoms with Gasteiger partial charge < -0.3 is 5.11 Å². The first-order chi connectivity index (χ1) is 8.70. The zero-order chi connectivity index (χ0) is 13.0. The van der Waals surface area contributed by atoms with Crippen LogP contribution in [0.1, 0.15) is 15.9 Å². The van der Waals surface area contributed by atoms with Crippen molar-refractivity contribution >= 4 is 17.7 Å². The maximum atomic E-state index is 10.7. The lowest BCUT2D eigenvalue weighted by molar-refractivity contribution is 0.0696. The standard InChI is InChI=1S/C12H7N3O2S/c13-5-8-3-4-14-7-10(8)18-11-2-1-9(6-15-11)12(16)17/h1-4,6-7H,(H,16,17). The van der Waals surface area contributed by atoms with Crippen molar-refractivity contribution in [3.63, 3.8) is 0 Å². The molecule has 0 aromatic carbocycles. The van der Waals surface area contributed by atoms with E-state index >= 15 is 0 Å². The first-order valence-corrected chi connectivity index (χ1v) is 5.73. The average molecular weight is 257 g/mol. The minimum absolute atomic E-state index is 0.131. The van der Waals surface area contributed by atoms with Crippen LogP contribution in [0, 0.1) is 11.3 Å². The SMILES string of the molecule is N#Cc1ccncc1Sc1ccc(C(=O)O)cn1. The Labute approximate surface area is 107 Å². The molecule has 0 aliphatic carbocycles. The number of nitrogens with zero attached hydrogens (tertiary/aromatic N) is 3. The molecule has 0 aliphatic rings. The van der Waals surface area contributed by atoms with Gasteiger partial charge in [0.15, 0.2) is 0 Å². The predicted molar refractivity (Wildman–Crippen MR) is 64.3 cm³/mol. The molecular weight excluding hydrogens is 250 g/mol. The molecule has 2 heterocycles. The summed E-state index contributed by atoms with van der Waals surface area (Å²) < 4.78 is 0. The smallest absolute Gasteiger partial charge is 0.337 e. The Morgan fingerprint density at radius 3 is 2.78 bits per heavy atom. The highest BCUT2D eigenvalue weighted by Gasteiger charge is 2.07. The summed E-state index contributed by atoms with van der Waals surface area (Å²) in [5, 5.41) is 18.3. The summed E-state index contributed by atoms with van der Waals surface area (Å²) in [6.07, 6.45) is 4.41. The monoisotopic (exact) mass is 257 g/mol. The molecule has 18 heavy (non-hydrogen) atoms. The van der Waals surface area contributed by atoms with Gasteiger partial charge in [-0.15, -0.1) is 0 Å². The van der Waals surface area contributed by atoms with E-state index < -0.39 is 5.97 Å². The van der Waals surface area contributed by atoms with Crippen LogP contribution in [0.2, 0.25) is 0 Å². The summed E-state index contributed by atoms with van der Waals surface area (Å²) >= 11 is 1.27. The molecule has 88 valence electrons. The van der Waals surface area contributed by atoms with Gasteiger partial charge in [-0.3, -0.25) is 4.98 Å². The number of carboxylic acid groups (broad SMARTS) is 1. The number of carboxylic acids is 1. The van der Waals surface area contributed by atoms with Crippen LogP contribution in [0.3, 0.4) is 0 Å². The van der Waals surface area contributed by atoms with Gasteiger partial charge in [0.2, 0.25) is 0 Å². The van der Waals surface area contributed by atoms with E-state index in [1.54, 1.807) is 24.5 Å². The van der Waals surface area contributed by atoms with Crippen molar-refractivity contribution in [1.29, 1.82) is 5.26 Å². The minimum atomic E-state index is -1.02. The van der Waals surface area contributed by atoms with Crippen molar-refractivity contribution in [2.45, 2.75) is 9.92 Å². The molecule has 0 radical (unpaired) electrons. The van der Waals surface area contributed by atoms with Gasteiger partial charge in [0.25, 0.3) is 0 Å². The second-order valence-corrected chi connectivity index (χ2v) is 4.34. The predicted octanol–water partition coefficient (Wildman–Crippen LogP) is 2.20. The number of rotatable bonds is 3. The molecule has 0 unspecified atom stereocenters. The highest BCUT2D eigenvalue weighted by atomic mass is 32.2. The van der Waals surface area contributed by atoms with E-state index in [-0.39, 0.29) is 5.56 Å². The Balaban J connectivity index is 2.24. The second kappa shape index (κ2) is 5.29. The van der Waals surface area contributed by atoms with Crippen LogP contribution >= 0.6 is 11.8 Å². The van der Waals surface area contributed by atoms with Gasteiger partial charge >= 0.3 is 5.97 Å². The third-order valence-corrected chi connectivity index (χ3v) is 3.10. The molecule has 5 nitrogen and oxygen atoms in total. The Morgan fingerprint density at radius 1 is 1.33 bits per heavy atom. The molecule has 2 aromatic rings.